The topological polar surface area (TPSA) is 59.9 Å². The summed E-state index contributed by atoms with van der Waals surface area (Å²) in [5.74, 6) is 0.656. The molecule has 0 atom stereocenters. The van der Waals surface area contributed by atoms with Crippen LogP contribution in [0.15, 0.2) is 81.1 Å². The van der Waals surface area contributed by atoms with Gasteiger partial charge in [0.05, 0.1) is 17.2 Å². The van der Waals surface area contributed by atoms with E-state index >= 15 is 0 Å². The zero-order valence-corrected chi connectivity index (χ0v) is 20.1. The number of amides is 1. The minimum Gasteiger partial charge on any atom is -0.490 e. The Labute approximate surface area is 203 Å². The first-order valence-electron chi connectivity index (χ1n) is 10.2. The van der Waals surface area contributed by atoms with Crippen LogP contribution in [0.25, 0.3) is 6.08 Å². The molecule has 5 nitrogen and oxygen atoms in total. The number of halogens is 2. The van der Waals surface area contributed by atoms with Crippen LogP contribution in [-0.4, -0.2) is 17.7 Å². The quantitative estimate of drug-likeness (QED) is 0.359. The van der Waals surface area contributed by atoms with Crippen molar-refractivity contribution in [3.63, 3.8) is 0 Å². The largest absolute Gasteiger partial charge is 0.490 e. The Bertz CT molecular complexity index is 1210. The maximum atomic E-state index is 13.1. The molecule has 8 heteroatoms. The van der Waals surface area contributed by atoms with E-state index in [0.29, 0.717) is 40.5 Å². The van der Waals surface area contributed by atoms with Gasteiger partial charge in [-0.15, -0.1) is 0 Å². The Balaban J connectivity index is 1.49. The van der Waals surface area contributed by atoms with Crippen molar-refractivity contribution in [3.8, 4) is 11.5 Å². The minimum absolute atomic E-state index is 0.241. The summed E-state index contributed by atoms with van der Waals surface area (Å²) in [6.07, 6.45) is 1.77. The number of hydrogen-bond acceptors (Lipinski definition) is 5. The third-order valence-electron chi connectivity index (χ3n) is 4.58. The predicted octanol–water partition coefficient (Wildman–Crippen LogP) is 6.46. The molecule has 1 N–H and O–H groups in total. The second-order valence-electron chi connectivity index (χ2n) is 7.01. The third-order valence-corrected chi connectivity index (χ3v) is 6.02. The van der Waals surface area contributed by atoms with Crippen molar-refractivity contribution in [3.05, 3.63) is 93.1 Å². The van der Waals surface area contributed by atoms with E-state index in [2.05, 4.69) is 26.2 Å². The number of nitrogens with one attached hydrogen (secondary N) is 1. The number of thioether (sulfide) groups is 1. The van der Waals surface area contributed by atoms with Gasteiger partial charge >= 0.3 is 0 Å². The second kappa shape index (κ2) is 10.7. The number of benzene rings is 3. The average molecular weight is 527 g/mol. The lowest BCUT2D eigenvalue weighted by molar-refractivity contribution is -0.115. The van der Waals surface area contributed by atoms with Crippen LogP contribution in [0.3, 0.4) is 0 Å². The number of hydrogen-bond donors (Lipinski definition) is 1. The highest BCUT2D eigenvalue weighted by molar-refractivity contribution is 9.10. The molecule has 1 amide bonds. The highest BCUT2D eigenvalue weighted by Gasteiger charge is 2.24. The van der Waals surface area contributed by atoms with E-state index in [1.165, 1.54) is 23.9 Å². The molecule has 3 aromatic rings. The first-order chi connectivity index (χ1) is 16.0. The summed E-state index contributed by atoms with van der Waals surface area (Å²) >= 11 is 4.65. The van der Waals surface area contributed by atoms with Crippen LogP contribution in [0.5, 0.6) is 11.5 Å². The van der Waals surface area contributed by atoms with Crippen molar-refractivity contribution in [2.45, 2.75) is 13.5 Å². The number of nitrogens with zero attached hydrogens (tertiary/aromatic N) is 1. The zero-order valence-electron chi connectivity index (χ0n) is 17.7. The van der Waals surface area contributed by atoms with Gasteiger partial charge in [-0.25, -0.2) is 9.38 Å². The molecule has 0 bridgehead atoms. The molecule has 0 spiro atoms. The average Bonchev–Trinajstić information content (AvgIpc) is 3.14. The van der Waals surface area contributed by atoms with Crippen LogP contribution in [0.4, 0.5) is 10.1 Å². The molecule has 1 heterocycles. The monoisotopic (exact) mass is 526 g/mol. The van der Waals surface area contributed by atoms with Crippen LogP contribution in [-0.2, 0) is 11.4 Å². The summed E-state index contributed by atoms with van der Waals surface area (Å²) in [6, 6.07) is 19.2. The fraction of sp³-hybridized carbons (Fsp3) is 0.120. The van der Waals surface area contributed by atoms with Gasteiger partial charge < -0.3 is 14.8 Å². The standard InChI is InChI=1S/C25H20BrFN2O3S/c1-2-31-22-13-17(5-12-21(22)32-15-16-3-6-18(26)7-4-16)14-23-24(30)29-25(33-23)28-20-10-8-19(27)9-11-20/h3-14H,2,15H2,1H3,(H,28,29,30)/b23-14+. The van der Waals surface area contributed by atoms with Crippen molar-refractivity contribution in [2.24, 2.45) is 4.99 Å². The summed E-state index contributed by atoms with van der Waals surface area (Å²) in [4.78, 5) is 17.2. The number of amidine groups is 1. The van der Waals surface area contributed by atoms with Crippen LogP contribution in [0.1, 0.15) is 18.1 Å². The van der Waals surface area contributed by atoms with Crippen LogP contribution in [0.2, 0.25) is 0 Å². The van der Waals surface area contributed by atoms with E-state index in [4.69, 9.17) is 9.47 Å². The van der Waals surface area contributed by atoms with Crippen LogP contribution in [0, 0.1) is 5.82 Å². The fourth-order valence-electron chi connectivity index (χ4n) is 3.01. The van der Waals surface area contributed by atoms with Crippen molar-refractivity contribution < 1.29 is 18.7 Å². The predicted molar refractivity (Wildman–Crippen MR) is 133 cm³/mol. The molecule has 0 aromatic heterocycles. The van der Waals surface area contributed by atoms with Gasteiger partial charge in [0, 0.05) is 4.47 Å². The lowest BCUT2D eigenvalue weighted by Crippen LogP contribution is -2.19. The molecule has 0 saturated carbocycles. The minimum atomic E-state index is -0.336. The van der Waals surface area contributed by atoms with Gasteiger partial charge in [0.25, 0.3) is 5.91 Å². The van der Waals surface area contributed by atoms with Crippen molar-refractivity contribution in [1.29, 1.82) is 0 Å². The summed E-state index contributed by atoms with van der Waals surface area (Å²) < 4.78 is 25.8. The second-order valence-corrected chi connectivity index (χ2v) is 8.96. The Hall–Kier alpha value is -3.10. The van der Waals surface area contributed by atoms with Gasteiger partial charge in [-0.1, -0.05) is 34.1 Å². The molecular weight excluding hydrogens is 507 g/mol. The van der Waals surface area contributed by atoms with Gasteiger partial charge in [0.2, 0.25) is 0 Å². The summed E-state index contributed by atoms with van der Waals surface area (Å²) in [5.41, 5.74) is 2.40. The van der Waals surface area contributed by atoms with Gasteiger partial charge in [-0.05, 0) is 84.4 Å². The number of ether oxygens (including phenoxy) is 2. The molecule has 0 radical (unpaired) electrons. The number of carbonyl (C=O) groups excluding carboxylic acids is 1. The van der Waals surface area contributed by atoms with E-state index in [-0.39, 0.29) is 11.7 Å². The fourth-order valence-corrected chi connectivity index (χ4v) is 4.11. The van der Waals surface area contributed by atoms with E-state index in [1.807, 2.05) is 49.4 Å². The van der Waals surface area contributed by atoms with Crippen LogP contribution < -0.4 is 14.8 Å². The number of rotatable bonds is 7. The van der Waals surface area contributed by atoms with E-state index in [0.717, 1.165) is 15.6 Å². The normalized spacial score (nSPS) is 15.7. The molecule has 33 heavy (non-hydrogen) atoms. The molecular formula is C25H20BrFN2O3S. The molecule has 1 saturated heterocycles. The molecule has 168 valence electrons. The first-order valence-corrected chi connectivity index (χ1v) is 11.8. The molecule has 1 aliphatic rings. The summed E-state index contributed by atoms with van der Waals surface area (Å²) in [5, 5.41) is 3.18. The third kappa shape index (κ3) is 6.24. The highest BCUT2D eigenvalue weighted by Crippen LogP contribution is 2.33. The van der Waals surface area contributed by atoms with Gasteiger partial charge in [0.15, 0.2) is 16.7 Å². The van der Waals surface area contributed by atoms with E-state index in [1.54, 1.807) is 18.2 Å². The Kier molecular flexibility index (Phi) is 7.47. The lowest BCUT2D eigenvalue weighted by Gasteiger charge is -2.13. The maximum absolute atomic E-state index is 13.1. The molecule has 4 rings (SSSR count). The Morgan fingerprint density at radius 2 is 1.79 bits per heavy atom. The Morgan fingerprint density at radius 1 is 1.03 bits per heavy atom. The first kappa shape index (κ1) is 23.1. The molecule has 0 unspecified atom stereocenters. The molecule has 0 aliphatic carbocycles. The van der Waals surface area contributed by atoms with Gasteiger partial charge in [-0.3, -0.25) is 4.79 Å². The highest BCUT2D eigenvalue weighted by atomic mass is 79.9. The molecule has 3 aromatic carbocycles. The smallest absolute Gasteiger partial charge is 0.264 e. The van der Waals surface area contributed by atoms with Gasteiger partial charge in [-0.2, -0.15) is 0 Å². The SMILES string of the molecule is CCOc1cc(/C=C2/SC(=Nc3ccc(F)cc3)NC2=O)ccc1OCc1ccc(Br)cc1. The van der Waals surface area contributed by atoms with Crippen LogP contribution >= 0.6 is 27.7 Å². The molecule has 1 fully saturated rings. The maximum Gasteiger partial charge on any atom is 0.264 e. The Morgan fingerprint density at radius 3 is 2.52 bits per heavy atom. The number of aliphatic imine (C=N–C) groups is 1. The summed E-state index contributed by atoms with van der Waals surface area (Å²) in [7, 11) is 0. The van der Waals surface area contributed by atoms with Crippen molar-refractivity contribution >= 4 is 50.5 Å². The van der Waals surface area contributed by atoms with E-state index in [9.17, 15) is 9.18 Å². The summed E-state index contributed by atoms with van der Waals surface area (Å²) in [6.45, 7) is 2.80. The molecule has 1 aliphatic heterocycles. The van der Waals surface area contributed by atoms with Crippen molar-refractivity contribution in [1.82, 2.24) is 5.32 Å². The lowest BCUT2D eigenvalue weighted by atomic mass is 10.2. The number of carbonyl (C=O) groups is 1. The van der Waals surface area contributed by atoms with Gasteiger partial charge in [0.1, 0.15) is 12.4 Å². The zero-order chi connectivity index (χ0) is 23.2. The van der Waals surface area contributed by atoms with Crippen molar-refractivity contribution in [2.75, 3.05) is 6.61 Å². The van der Waals surface area contributed by atoms with E-state index < -0.39 is 0 Å².